The van der Waals surface area contributed by atoms with Gasteiger partial charge in [0.25, 0.3) is 0 Å². The van der Waals surface area contributed by atoms with Crippen LogP contribution in [0.4, 0.5) is 5.82 Å². The van der Waals surface area contributed by atoms with Gasteiger partial charge in [-0.2, -0.15) is 0 Å². The molecule has 4 heteroatoms. The van der Waals surface area contributed by atoms with Crippen molar-refractivity contribution in [3.63, 3.8) is 0 Å². The minimum Gasteiger partial charge on any atom is -0.369 e. The van der Waals surface area contributed by atoms with Crippen LogP contribution in [0.1, 0.15) is 43.8 Å². The molecule has 0 saturated heterocycles. The van der Waals surface area contributed by atoms with Crippen molar-refractivity contribution in [2.75, 3.05) is 11.9 Å². The van der Waals surface area contributed by atoms with E-state index in [0.29, 0.717) is 5.92 Å². The summed E-state index contributed by atoms with van der Waals surface area (Å²) >= 11 is 3.63. The van der Waals surface area contributed by atoms with Crippen molar-refractivity contribution in [3.05, 3.63) is 51.9 Å². The molecule has 0 radical (unpaired) electrons. The Kier molecular flexibility index (Phi) is 5.74. The minimum absolute atomic E-state index is 0.371. The van der Waals surface area contributed by atoms with E-state index in [2.05, 4.69) is 71.3 Å². The second-order valence-corrected chi connectivity index (χ2v) is 6.15. The predicted octanol–water partition coefficient (Wildman–Crippen LogP) is 4.58. The molecule has 21 heavy (non-hydrogen) atoms. The van der Waals surface area contributed by atoms with Crippen LogP contribution in [-0.4, -0.2) is 16.5 Å². The molecule has 1 heterocycles. The largest absolute Gasteiger partial charge is 0.369 e. The third kappa shape index (κ3) is 4.27. The summed E-state index contributed by atoms with van der Waals surface area (Å²) in [5, 5.41) is 3.31. The monoisotopic (exact) mass is 347 g/mol. The Bertz CT molecular complexity index is 582. The van der Waals surface area contributed by atoms with E-state index in [0.717, 1.165) is 41.2 Å². The Hall–Kier alpha value is -1.42. The highest BCUT2D eigenvalue weighted by molar-refractivity contribution is 9.10. The molecular formula is C17H22BrN3. The van der Waals surface area contributed by atoms with Crippen LogP contribution >= 0.6 is 15.9 Å². The fraction of sp³-hybridized carbons (Fsp3) is 0.412. The maximum atomic E-state index is 4.73. The third-order valence-electron chi connectivity index (χ3n) is 3.29. The molecule has 0 unspecified atom stereocenters. The van der Waals surface area contributed by atoms with Crippen LogP contribution in [-0.2, 0) is 12.8 Å². The molecule has 3 nitrogen and oxygen atoms in total. The number of rotatable bonds is 6. The average molecular weight is 348 g/mol. The molecule has 1 N–H and O–H groups in total. The van der Waals surface area contributed by atoms with Crippen molar-refractivity contribution in [1.29, 1.82) is 0 Å². The second-order valence-electron chi connectivity index (χ2n) is 5.36. The van der Waals surface area contributed by atoms with Gasteiger partial charge in [-0.05, 0) is 40.8 Å². The number of nitrogens with one attached hydrogen (secondary N) is 1. The van der Waals surface area contributed by atoms with Crippen LogP contribution < -0.4 is 5.32 Å². The molecule has 0 amide bonds. The summed E-state index contributed by atoms with van der Waals surface area (Å²) < 4.78 is 0.989. The number of hydrogen-bond donors (Lipinski definition) is 1. The van der Waals surface area contributed by atoms with Crippen LogP contribution in [0, 0.1) is 0 Å². The van der Waals surface area contributed by atoms with E-state index >= 15 is 0 Å². The molecule has 0 saturated carbocycles. The van der Waals surface area contributed by atoms with Crippen molar-refractivity contribution in [2.45, 2.75) is 39.5 Å². The van der Waals surface area contributed by atoms with Crippen molar-refractivity contribution < 1.29 is 0 Å². The van der Waals surface area contributed by atoms with E-state index in [-0.39, 0.29) is 0 Å². The summed E-state index contributed by atoms with van der Waals surface area (Å²) in [4.78, 5) is 9.38. The van der Waals surface area contributed by atoms with E-state index in [1.54, 1.807) is 0 Å². The normalized spacial score (nSPS) is 10.9. The number of anilines is 1. The van der Waals surface area contributed by atoms with Crippen molar-refractivity contribution in [3.8, 4) is 0 Å². The number of halogens is 1. The molecule has 0 aliphatic rings. The minimum atomic E-state index is 0.371. The van der Waals surface area contributed by atoms with Gasteiger partial charge < -0.3 is 5.32 Å². The molecule has 0 atom stereocenters. The molecule has 112 valence electrons. The van der Waals surface area contributed by atoms with Gasteiger partial charge in [-0.15, -0.1) is 0 Å². The topological polar surface area (TPSA) is 37.8 Å². The summed E-state index contributed by atoms with van der Waals surface area (Å²) in [5.41, 5.74) is 2.39. The summed E-state index contributed by atoms with van der Waals surface area (Å²) in [7, 11) is 0. The van der Waals surface area contributed by atoms with Gasteiger partial charge in [-0.3, -0.25) is 0 Å². The molecule has 1 aromatic heterocycles. The second kappa shape index (κ2) is 7.55. The van der Waals surface area contributed by atoms with Gasteiger partial charge in [0, 0.05) is 13.0 Å². The first-order valence-electron chi connectivity index (χ1n) is 7.46. The first kappa shape index (κ1) is 16.0. The molecule has 2 rings (SSSR count). The molecule has 0 fully saturated rings. The van der Waals surface area contributed by atoms with Crippen molar-refractivity contribution >= 4 is 21.7 Å². The quantitative estimate of drug-likeness (QED) is 0.830. The van der Waals surface area contributed by atoms with Gasteiger partial charge in [-0.1, -0.05) is 44.2 Å². The standard InChI is InChI=1S/C17H22BrN3/c1-4-19-17-15(18)16(12(2)3)20-14(21-17)11-10-13-8-6-5-7-9-13/h5-9,12H,4,10-11H2,1-3H3,(H,19,20,21). The Balaban J connectivity index is 2.22. The third-order valence-corrected chi connectivity index (χ3v) is 4.08. The lowest BCUT2D eigenvalue weighted by Crippen LogP contribution is -2.09. The molecule has 0 bridgehead atoms. The predicted molar refractivity (Wildman–Crippen MR) is 91.8 cm³/mol. The van der Waals surface area contributed by atoms with E-state index in [1.165, 1.54) is 5.56 Å². The Labute approximate surface area is 135 Å². The van der Waals surface area contributed by atoms with Gasteiger partial charge in [0.2, 0.25) is 0 Å². The van der Waals surface area contributed by atoms with E-state index in [1.807, 2.05) is 6.07 Å². The molecule has 0 aliphatic heterocycles. The molecule has 0 spiro atoms. The Morgan fingerprint density at radius 1 is 1.10 bits per heavy atom. The van der Waals surface area contributed by atoms with Crippen LogP contribution in [0.2, 0.25) is 0 Å². The summed E-state index contributed by atoms with van der Waals surface area (Å²) in [6, 6.07) is 10.5. The van der Waals surface area contributed by atoms with Crippen LogP contribution in [0.25, 0.3) is 0 Å². The lowest BCUT2D eigenvalue weighted by Gasteiger charge is -2.14. The molecule has 0 aliphatic carbocycles. The fourth-order valence-corrected chi connectivity index (χ4v) is 2.97. The number of hydrogen-bond acceptors (Lipinski definition) is 3. The number of nitrogens with zero attached hydrogens (tertiary/aromatic N) is 2. The average Bonchev–Trinajstić information content (AvgIpc) is 2.49. The van der Waals surface area contributed by atoms with Gasteiger partial charge in [0.15, 0.2) is 0 Å². The van der Waals surface area contributed by atoms with E-state index in [9.17, 15) is 0 Å². The van der Waals surface area contributed by atoms with Gasteiger partial charge >= 0.3 is 0 Å². The molecule has 2 aromatic rings. The maximum absolute atomic E-state index is 4.73. The highest BCUT2D eigenvalue weighted by Gasteiger charge is 2.14. The number of benzene rings is 1. The van der Waals surface area contributed by atoms with Crippen LogP contribution in [0.15, 0.2) is 34.8 Å². The van der Waals surface area contributed by atoms with E-state index < -0.39 is 0 Å². The summed E-state index contributed by atoms with van der Waals surface area (Å²) in [6.45, 7) is 7.24. The lowest BCUT2D eigenvalue weighted by atomic mass is 10.1. The van der Waals surface area contributed by atoms with Crippen molar-refractivity contribution in [1.82, 2.24) is 9.97 Å². The zero-order valence-electron chi connectivity index (χ0n) is 12.9. The highest BCUT2D eigenvalue weighted by atomic mass is 79.9. The first-order chi connectivity index (χ1) is 10.1. The first-order valence-corrected chi connectivity index (χ1v) is 8.25. The lowest BCUT2D eigenvalue weighted by molar-refractivity contribution is 0.765. The number of aromatic nitrogens is 2. The van der Waals surface area contributed by atoms with Gasteiger partial charge in [-0.25, -0.2) is 9.97 Å². The molecular weight excluding hydrogens is 326 g/mol. The van der Waals surface area contributed by atoms with E-state index in [4.69, 9.17) is 4.98 Å². The summed E-state index contributed by atoms with van der Waals surface area (Å²) in [5.74, 6) is 2.18. The Morgan fingerprint density at radius 3 is 2.43 bits per heavy atom. The highest BCUT2D eigenvalue weighted by Crippen LogP contribution is 2.29. The number of aryl methyl sites for hydroxylation is 2. The zero-order valence-corrected chi connectivity index (χ0v) is 14.4. The Morgan fingerprint density at radius 2 is 1.81 bits per heavy atom. The summed E-state index contributed by atoms with van der Waals surface area (Å²) in [6.07, 6.45) is 1.82. The van der Waals surface area contributed by atoms with Crippen LogP contribution in [0.5, 0.6) is 0 Å². The smallest absolute Gasteiger partial charge is 0.144 e. The fourth-order valence-electron chi connectivity index (χ4n) is 2.19. The maximum Gasteiger partial charge on any atom is 0.144 e. The molecule has 1 aromatic carbocycles. The zero-order chi connectivity index (χ0) is 15.2. The van der Waals surface area contributed by atoms with Crippen LogP contribution in [0.3, 0.4) is 0 Å². The van der Waals surface area contributed by atoms with Crippen molar-refractivity contribution in [2.24, 2.45) is 0 Å². The van der Waals surface area contributed by atoms with Gasteiger partial charge in [0.1, 0.15) is 11.6 Å². The van der Waals surface area contributed by atoms with Gasteiger partial charge in [0.05, 0.1) is 10.2 Å². The SMILES string of the molecule is CCNc1nc(CCc2ccccc2)nc(C(C)C)c1Br.